The number of rotatable bonds is 4. The van der Waals surface area contributed by atoms with Gasteiger partial charge in [0, 0.05) is 36.2 Å². The first-order chi connectivity index (χ1) is 8.66. The van der Waals surface area contributed by atoms with Gasteiger partial charge in [0.15, 0.2) is 0 Å². The summed E-state index contributed by atoms with van der Waals surface area (Å²) in [5.41, 5.74) is 1.07. The molecular weight excluding hydrogens is 266 g/mol. The summed E-state index contributed by atoms with van der Waals surface area (Å²) in [4.78, 5) is 14.2. The van der Waals surface area contributed by atoms with Crippen LogP contribution in [0, 0.1) is 0 Å². The molecule has 1 saturated heterocycles. The Morgan fingerprint density at radius 2 is 1.94 bits per heavy atom. The van der Waals surface area contributed by atoms with Crippen LogP contribution in [0.25, 0.3) is 0 Å². The molecule has 98 valence electrons. The van der Waals surface area contributed by atoms with Crippen molar-refractivity contribution in [2.75, 3.05) is 31.1 Å². The van der Waals surface area contributed by atoms with Crippen LogP contribution in [0.1, 0.15) is 18.4 Å². The number of hydrogen-bond donors (Lipinski definition) is 0. The van der Waals surface area contributed by atoms with Crippen LogP contribution in [0.5, 0.6) is 0 Å². The second-order valence-corrected chi connectivity index (χ2v) is 6.29. The fraction of sp³-hybridized carbons (Fsp3) is 0.500. The van der Waals surface area contributed by atoms with Crippen LogP contribution in [0.3, 0.4) is 0 Å². The minimum absolute atomic E-state index is 0.0228. The maximum Gasteiger partial charge on any atom is 0.138 e. The van der Waals surface area contributed by atoms with E-state index in [2.05, 4.69) is 4.90 Å². The molecular formula is C14H18ClNOS. The van der Waals surface area contributed by atoms with Crippen molar-refractivity contribution in [1.82, 2.24) is 4.90 Å². The van der Waals surface area contributed by atoms with Crippen molar-refractivity contribution in [3.63, 3.8) is 0 Å². The average molecular weight is 284 g/mol. The molecule has 0 unspecified atom stereocenters. The second kappa shape index (κ2) is 6.60. The van der Waals surface area contributed by atoms with E-state index in [1.165, 1.54) is 11.5 Å². The standard InChI is InChI=1S/C14H18ClNOS/c1-11(17)14(10-16-6-8-18-9-7-16)12-2-4-13(15)5-3-12/h2-5,14H,6-10H2,1H3/t14-/m1/s1. The molecule has 0 spiro atoms. The van der Waals surface area contributed by atoms with E-state index in [1.807, 2.05) is 36.0 Å². The Balaban J connectivity index is 2.07. The Morgan fingerprint density at radius 3 is 2.50 bits per heavy atom. The topological polar surface area (TPSA) is 20.3 Å². The monoisotopic (exact) mass is 283 g/mol. The largest absolute Gasteiger partial charge is 0.301 e. The van der Waals surface area contributed by atoms with E-state index in [-0.39, 0.29) is 11.7 Å². The van der Waals surface area contributed by atoms with E-state index in [4.69, 9.17) is 11.6 Å². The van der Waals surface area contributed by atoms with Crippen molar-refractivity contribution in [2.24, 2.45) is 0 Å². The minimum atomic E-state index is -0.0228. The third kappa shape index (κ3) is 3.74. The van der Waals surface area contributed by atoms with Crippen LogP contribution in [-0.4, -0.2) is 41.8 Å². The molecule has 0 aromatic heterocycles. The number of nitrogens with zero attached hydrogens (tertiary/aromatic N) is 1. The first kappa shape index (κ1) is 13.9. The zero-order chi connectivity index (χ0) is 13.0. The van der Waals surface area contributed by atoms with Crippen molar-refractivity contribution in [1.29, 1.82) is 0 Å². The number of thioether (sulfide) groups is 1. The SMILES string of the molecule is CC(=O)[C@@H](CN1CCSCC1)c1ccc(Cl)cc1. The van der Waals surface area contributed by atoms with Crippen LogP contribution >= 0.6 is 23.4 Å². The molecule has 0 bridgehead atoms. The molecule has 0 N–H and O–H groups in total. The molecule has 2 rings (SSSR count). The zero-order valence-electron chi connectivity index (χ0n) is 10.6. The van der Waals surface area contributed by atoms with E-state index >= 15 is 0 Å². The predicted molar refractivity (Wildman–Crippen MR) is 78.6 cm³/mol. The van der Waals surface area contributed by atoms with Gasteiger partial charge in [-0.25, -0.2) is 0 Å². The summed E-state index contributed by atoms with van der Waals surface area (Å²) in [5.74, 6) is 2.55. The van der Waals surface area contributed by atoms with Gasteiger partial charge in [0.25, 0.3) is 0 Å². The molecule has 0 saturated carbocycles. The number of benzene rings is 1. The molecule has 1 aromatic rings. The molecule has 1 atom stereocenters. The van der Waals surface area contributed by atoms with Crippen LogP contribution < -0.4 is 0 Å². The maximum absolute atomic E-state index is 11.8. The second-order valence-electron chi connectivity index (χ2n) is 4.63. The van der Waals surface area contributed by atoms with Gasteiger partial charge >= 0.3 is 0 Å². The van der Waals surface area contributed by atoms with E-state index in [0.717, 1.165) is 30.2 Å². The smallest absolute Gasteiger partial charge is 0.138 e. The lowest BCUT2D eigenvalue weighted by atomic mass is 9.95. The van der Waals surface area contributed by atoms with Crippen LogP contribution in [0.15, 0.2) is 24.3 Å². The Morgan fingerprint density at radius 1 is 1.33 bits per heavy atom. The zero-order valence-corrected chi connectivity index (χ0v) is 12.1. The fourth-order valence-corrected chi connectivity index (χ4v) is 3.31. The van der Waals surface area contributed by atoms with Gasteiger partial charge in [-0.1, -0.05) is 23.7 Å². The molecule has 2 nitrogen and oxygen atoms in total. The molecule has 18 heavy (non-hydrogen) atoms. The number of Topliss-reactive ketones (excluding diaryl/α,β-unsaturated/α-hetero) is 1. The number of ketones is 1. The predicted octanol–water partition coefficient (Wildman–Crippen LogP) is 3.06. The summed E-state index contributed by atoms with van der Waals surface area (Å²) < 4.78 is 0. The molecule has 1 aromatic carbocycles. The van der Waals surface area contributed by atoms with E-state index in [1.54, 1.807) is 6.92 Å². The van der Waals surface area contributed by atoms with Crippen molar-refractivity contribution < 1.29 is 4.79 Å². The molecule has 1 heterocycles. The average Bonchev–Trinajstić information content (AvgIpc) is 2.38. The van der Waals surface area contributed by atoms with E-state index < -0.39 is 0 Å². The van der Waals surface area contributed by atoms with Crippen molar-refractivity contribution in [3.8, 4) is 0 Å². The lowest BCUT2D eigenvalue weighted by Gasteiger charge is -2.29. The Hall–Kier alpha value is -0.510. The Labute approximate surface area is 118 Å². The van der Waals surface area contributed by atoms with E-state index in [0.29, 0.717) is 0 Å². The summed E-state index contributed by atoms with van der Waals surface area (Å²) in [6.45, 7) is 4.68. The third-order valence-electron chi connectivity index (χ3n) is 3.31. The highest BCUT2D eigenvalue weighted by Crippen LogP contribution is 2.22. The Kier molecular flexibility index (Phi) is 5.10. The lowest BCUT2D eigenvalue weighted by molar-refractivity contribution is -0.118. The highest BCUT2D eigenvalue weighted by Gasteiger charge is 2.21. The number of halogens is 1. The van der Waals surface area contributed by atoms with Gasteiger partial charge in [0.2, 0.25) is 0 Å². The number of carbonyl (C=O) groups is 1. The first-order valence-electron chi connectivity index (χ1n) is 6.23. The summed E-state index contributed by atoms with van der Waals surface area (Å²) in [6.07, 6.45) is 0. The Bertz CT molecular complexity index is 401. The van der Waals surface area contributed by atoms with Crippen molar-refractivity contribution in [3.05, 3.63) is 34.9 Å². The molecule has 1 fully saturated rings. The molecule has 0 amide bonds. The molecule has 1 aliphatic heterocycles. The highest BCUT2D eigenvalue weighted by atomic mass is 35.5. The van der Waals surface area contributed by atoms with Gasteiger partial charge < -0.3 is 4.90 Å². The van der Waals surface area contributed by atoms with Crippen LogP contribution in [0.4, 0.5) is 0 Å². The van der Waals surface area contributed by atoms with Crippen molar-refractivity contribution >= 4 is 29.1 Å². The normalized spacial score (nSPS) is 18.6. The summed E-state index contributed by atoms with van der Waals surface area (Å²) in [6, 6.07) is 7.65. The summed E-state index contributed by atoms with van der Waals surface area (Å²) in [5, 5.41) is 0.718. The summed E-state index contributed by atoms with van der Waals surface area (Å²) in [7, 11) is 0. The first-order valence-corrected chi connectivity index (χ1v) is 7.76. The lowest BCUT2D eigenvalue weighted by Crippen LogP contribution is -2.37. The van der Waals surface area contributed by atoms with Gasteiger partial charge in [0.1, 0.15) is 5.78 Å². The van der Waals surface area contributed by atoms with Crippen LogP contribution in [0.2, 0.25) is 5.02 Å². The maximum atomic E-state index is 11.8. The highest BCUT2D eigenvalue weighted by molar-refractivity contribution is 7.99. The molecule has 1 aliphatic rings. The number of hydrogen-bond acceptors (Lipinski definition) is 3. The fourth-order valence-electron chi connectivity index (χ4n) is 2.21. The van der Waals surface area contributed by atoms with Crippen molar-refractivity contribution in [2.45, 2.75) is 12.8 Å². The van der Waals surface area contributed by atoms with Gasteiger partial charge in [-0.15, -0.1) is 0 Å². The van der Waals surface area contributed by atoms with Crippen LogP contribution in [-0.2, 0) is 4.79 Å². The third-order valence-corrected chi connectivity index (χ3v) is 4.50. The van der Waals surface area contributed by atoms with Gasteiger partial charge in [-0.05, 0) is 24.6 Å². The van der Waals surface area contributed by atoms with E-state index in [9.17, 15) is 4.79 Å². The quantitative estimate of drug-likeness (QED) is 0.847. The van der Waals surface area contributed by atoms with Gasteiger partial charge in [-0.2, -0.15) is 11.8 Å². The molecule has 0 radical (unpaired) electrons. The van der Waals surface area contributed by atoms with Gasteiger partial charge in [-0.3, -0.25) is 4.79 Å². The molecule has 0 aliphatic carbocycles. The van der Waals surface area contributed by atoms with Gasteiger partial charge in [0.05, 0.1) is 5.92 Å². The summed E-state index contributed by atoms with van der Waals surface area (Å²) >= 11 is 7.88. The number of carbonyl (C=O) groups excluding carboxylic acids is 1. The molecule has 4 heteroatoms. The minimum Gasteiger partial charge on any atom is -0.301 e.